The van der Waals surface area contributed by atoms with Gasteiger partial charge in [0.1, 0.15) is 5.71 Å². The van der Waals surface area contributed by atoms with Crippen molar-refractivity contribution in [1.29, 1.82) is 0 Å². The predicted octanol–water partition coefficient (Wildman–Crippen LogP) is 0.792. The Morgan fingerprint density at radius 2 is 2.18 bits per heavy atom. The largest absolute Gasteiger partial charge is 0.465 e. The summed E-state index contributed by atoms with van der Waals surface area (Å²) in [5, 5.41) is 0. The number of methoxy groups -OCH3 is 1. The van der Waals surface area contributed by atoms with Gasteiger partial charge >= 0.3 is 5.97 Å². The van der Waals surface area contributed by atoms with Gasteiger partial charge in [-0.1, -0.05) is 0 Å². The van der Waals surface area contributed by atoms with Crippen LogP contribution in [-0.2, 0) is 9.53 Å². The highest BCUT2D eigenvalue weighted by molar-refractivity contribution is 6.35. The maximum Gasteiger partial charge on any atom is 0.352 e. The van der Waals surface area contributed by atoms with Gasteiger partial charge in [0.05, 0.1) is 7.11 Å². The van der Waals surface area contributed by atoms with E-state index in [0.717, 1.165) is 0 Å². The number of rotatable bonds is 3. The fourth-order valence-electron chi connectivity index (χ4n) is 0.393. The van der Waals surface area contributed by atoms with Crippen molar-refractivity contribution in [2.75, 3.05) is 7.11 Å². The average molecular weight is 154 g/mol. The van der Waals surface area contributed by atoms with Gasteiger partial charge in [-0.15, -0.1) is 0 Å². The first kappa shape index (κ1) is 9.55. The molecule has 0 saturated heterocycles. The number of esters is 1. The van der Waals surface area contributed by atoms with Crippen LogP contribution in [0.1, 0.15) is 6.92 Å². The van der Waals surface area contributed by atoms with Gasteiger partial charge in [0, 0.05) is 12.4 Å². The number of nitrogens with zero attached hydrogens (tertiary/aromatic N) is 2. The Morgan fingerprint density at radius 3 is 2.64 bits per heavy atom. The second-order valence-electron chi connectivity index (χ2n) is 1.69. The molecule has 0 spiro atoms. The monoisotopic (exact) mass is 154 g/mol. The van der Waals surface area contributed by atoms with Crippen LogP contribution in [0.3, 0.4) is 0 Å². The third-order valence-electron chi connectivity index (χ3n) is 0.921. The second-order valence-corrected chi connectivity index (χ2v) is 1.69. The third kappa shape index (κ3) is 4.02. The van der Waals surface area contributed by atoms with Crippen LogP contribution in [0.25, 0.3) is 0 Å². The van der Waals surface area contributed by atoms with Gasteiger partial charge in [0.25, 0.3) is 0 Å². The first-order valence-electron chi connectivity index (χ1n) is 2.96. The molecule has 0 N–H and O–H groups in total. The first-order chi connectivity index (χ1) is 5.22. The highest BCUT2D eigenvalue weighted by Crippen LogP contribution is 1.84. The Hall–Kier alpha value is -1.45. The summed E-state index contributed by atoms with van der Waals surface area (Å²) >= 11 is 0. The van der Waals surface area contributed by atoms with Crippen molar-refractivity contribution in [3.63, 3.8) is 0 Å². The first-order valence-corrected chi connectivity index (χ1v) is 2.96. The lowest BCUT2D eigenvalue weighted by molar-refractivity contribution is -0.132. The molecule has 0 heterocycles. The zero-order valence-corrected chi connectivity index (χ0v) is 6.57. The molecule has 11 heavy (non-hydrogen) atoms. The number of hydrogen-bond donors (Lipinski definition) is 0. The fourth-order valence-corrected chi connectivity index (χ4v) is 0.393. The van der Waals surface area contributed by atoms with E-state index >= 15 is 0 Å². The summed E-state index contributed by atoms with van der Waals surface area (Å²) in [6.07, 6.45) is 2.76. The maximum atomic E-state index is 10.7. The minimum atomic E-state index is -0.446. The molecule has 0 aliphatic rings. The van der Waals surface area contributed by atoms with Crippen molar-refractivity contribution in [1.82, 2.24) is 0 Å². The molecule has 0 aliphatic carbocycles. The average Bonchev–Trinajstić information content (AvgIpc) is 2.03. The molecule has 0 amide bonds. The van der Waals surface area contributed by atoms with E-state index in [2.05, 4.69) is 21.4 Å². The summed E-state index contributed by atoms with van der Waals surface area (Å²) in [7, 11) is 1.30. The second kappa shape index (κ2) is 5.34. The summed E-state index contributed by atoms with van der Waals surface area (Å²) in [4.78, 5) is 17.8. The number of carbonyl (C=O) groups is 1. The number of hydrogen-bond acceptors (Lipinski definition) is 4. The van der Waals surface area contributed by atoms with Crippen molar-refractivity contribution >= 4 is 18.4 Å². The Labute approximate surface area is 65.3 Å². The molecule has 0 unspecified atom stereocenters. The molecular weight excluding hydrogens is 144 g/mol. The van der Waals surface area contributed by atoms with Gasteiger partial charge in [0.2, 0.25) is 0 Å². The third-order valence-corrected chi connectivity index (χ3v) is 0.921. The molecule has 0 bridgehead atoms. The van der Waals surface area contributed by atoms with Crippen LogP contribution in [-0.4, -0.2) is 25.5 Å². The summed E-state index contributed by atoms with van der Waals surface area (Å²) in [5.41, 5.74) is 0.285. The van der Waals surface area contributed by atoms with E-state index < -0.39 is 5.97 Å². The van der Waals surface area contributed by atoms with Gasteiger partial charge < -0.3 is 4.74 Å². The fraction of sp³-hybridized carbons (Fsp3) is 0.286. The van der Waals surface area contributed by atoms with Crippen LogP contribution in [0, 0.1) is 0 Å². The van der Waals surface area contributed by atoms with E-state index in [-0.39, 0.29) is 5.71 Å². The number of aliphatic imine (C=N–C) groups is 2. The Kier molecular flexibility index (Phi) is 4.64. The molecular formula is C7H10N2O2. The van der Waals surface area contributed by atoms with E-state index in [0.29, 0.717) is 0 Å². The normalized spacial score (nSPS) is 11.6. The van der Waals surface area contributed by atoms with Crippen molar-refractivity contribution in [3.05, 3.63) is 12.4 Å². The Bertz CT molecular complexity index is 206. The van der Waals surface area contributed by atoms with Gasteiger partial charge in [0.15, 0.2) is 0 Å². The Balaban J connectivity index is 4.10. The molecule has 0 aliphatic heterocycles. The standard InChI is InChI=1S/C7H10N2O2/c1-6(7(10)11-3)9-5-4-8-2/h4-5H,2H2,1,3H3/b5-4-,9-6+. The van der Waals surface area contributed by atoms with Crippen LogP contribution in [0.15, 0.2) is 22.4 Å². The molecule has 0 saturated carbocycles. The van der Waals surface area contributed by atoms with Gasteiger partial charge in [-0.2, -0.15) is 0 Å². The number of carbonyl (C=O) groups excluding carboxylic acids is 1. The minimum absolute atomic E-state index is 0.285. The van der Waals surface area contributed by atoms with Crippen LogP contribution in [0.2, 0.25) is 0 Å². The van der Waals surface area contributed by atoms with Crippen LogP contribution < -0.4 is 0 Å². The van der Waals surface area contributed by atoms with E-state index in [9.17, 15) is 4.79 Å². The van der Waals surface area contributed by atoms with E-state index in [1.54, 1.807) is 6.92 Å². The summed E-state index contributed by atoms with van der Waals surface area (Å²) < 4.78 is 4.39. The molecule has 0 aromatic rings. The molecule has 0 aromatic heterocycles. The minimum Gasteiger partial charge on any atom is -0.465 e. The van der Waals surface area contributed by atoms with Crippen LogP contribution in [0.5, 0.6) is 0 Å². The van der Waals surface area contributed by atoms with E-state index in [1.165, 1.54) is 19.5 Å². The molecule has 0 fully saturated rings. The molecule has 4 heteroatoms. The summed E-state index contributed by atoms with van der Waals surface area (Å²) in [6, 6.07) is 0. The zero-order valence-electron chi connectivity index (χ0n) is 6.57. The van der Waals surface area contributed by atoms with E-state index in [1.807, 2.05) is 0 Å². The highest BCUT2D eigenvalue weighted by atomic mass is 16.5. The highest BCUT2D eigenvalue weighted by Gasteiger charge is 2.01. The van der Waals surface area contributed by atoms with Crippen molar-refractivity contribution < 1.29 is 9.53 Å². The zero-order chi connectivity index (χ0) is 8.69. The van der Waals surface area contributed by atoms with E-state index in [4.69, 9.17) is 0 Å². The van der Waals surface area contributed by atoms with Crippen molar-refractivity contribution in [2.45, 2.75) is 6.92 Å². The lowest BCUT2D eigenvalue weighted by Crippen LogP contribution is -2.10. The molecule has 4 nitrogen and oxygen atoms in total. The van der Waals surface area contributed by atoms with Gasteiger partial charge in [-0.3, -0.25) is 9.98 Å². The SMILES string of the molecule is C=N/C=C\N=C(/C)C(=O)OC. The van der Waals surface area contributed by atoms with Crippen LogP contribution in [0.4, 0.5) is 0 Å². The maximum absolute atomic E-state index is 10.7. The molecule has 0 aromatic carbocycles. The summed E-state index contributed by atoms with van der Waals surface area (Å²) in [5.74, 6) is -0.446. The quantitative estimate of drug-likeness (QED) is 0.445. The molecule has 0 rings (SSSR count). The number of ether oxygens (including phenoxy) is 1. The lowest BCUT2D eigenvalue weighted by Gasteiger charge is -1.93. The van der Waals surface area contributed by atoms with Gasteiger partial charge in [-0.25, -0.2) is 4.79 Å². The van der Waals surface area contributed by atoms with Gasteiger partial charge in [-0.05, 0) is 13.6 Å². The molecule has 60 valence electrons. The van der Waals surface area contributed by atoms with Crippen molar-refractivity contribution in [3.8, 4) is 0 Å². The van der Waals surface area contributed by atoms with Crippen LogP contribution >= 0.6 is 0 Å². The predicted molar refractivity (Wildman–Crippen MR) is 43.8 cm³/mol. The van der Waals surface area contributed by atoms with Crippen molar-refractivity contribution in [2.24, 2.45) is 9.98 Å². The lowest BCUT2D eigenvalue weighted by atomic mass is 10.4. The smallest absolute Gasteiger partial charge is 0.352 e. The topological polar surface area (TPSA) is 51.0 Å². The molecule has 0 radical (unpaired) electrons. The Morgan fingerprint density at radius 1 is 1.55 bits per heavy atom. The summed E-state index contributed by atoms with van der Waals surface area (Å²) in [6.45, 7) is 4.76. The molecule has 0 atom stereocenters.